The molecule has 2 heterocycles. The van der Waals surface area contributed by atoms with E-state index in [2.05, 4.69) is 10.2 Å². The lowest BCUT2D eigenvalue weighted by atomic mass is 9.75. The average Bonchev–Trinajstić information content (AvgIpc) is 2.91. The van der Waals surface area contributed by atoms with Gasteiger partial charge in [0.2, 0.25) is 5.91 Å². The summed E-state index contributed by atoms with van der Waals surface area (Å²) in [6.45, 7) is 2.04. The largest absolute Gasteiger partial charge is 0.341 e. The Labute approximate surface area is 108 Å². The number of carbonyl (C=O) groups excluding carboxylic acids is 1. The molecule has 0 bridgehead atoms. The fourth-order valence-corrected chi connectivity index (χ4v) is 4.51. The molecular weight excluding hydrogens is 232 g/mol. The van der Waals surface area contributed by atoms with Crippen LogP contribution in [0, 0.1) is 11.8 Å². The number of hydrogen-bond donors (Lipinski definition) is 1. The highest BCUT2D eigenvalue weighted by Gasteiger charge is 2.35. The average molecular weight is 254 g/mol. The van der Waals surface area contributed by atoms with Crippen molar-refractivity contribution in [3.05, 3.63) is 0 Å². The minimum atomic E-state index is 0.0974. The Hall–Kier alpha value is -0.220. The maximum Gasteiger partial charge on any atom is 0.240 e. The molecule has 0 spiro atoms. The van der Waals surface area contributed by atoms with Gasteiger partial charge in [-0.25, -0.2) is 0 Å². The van der Waals surface area contributed by atoms with Gasteiger partial charge in [-0.15, -0.1) is 11.8 Å². The van der Waals surface area contributed by atoms with Crippen LogP contribution in [0.5, 0.6) is 0 Å². The van der Waals surface area contributed by atoms with E-state index < -0.39 is 0 Å². The fraction of sp³-hybridized carbons (Fsp3) is 0.923. The van der Waals surface area contributed by atoms with Crippen molar-refractivity contribution in [2.75, 3.05) is 24.7 Å². The predicted molar refractivity (Wildman–Crippen MR) is 70.9 cm³/mol. The molecule has 17 heavy (non-hydrogen) atoms. The second-order valence-electron chi connectivity index (χ2n) is 5.65. The molecule has 3 rings (SSSR count). The van der Waals surface area contributed by atoms with Crippen LogP contribution in [0.3, 0.4) is 0 Å². The highest BCUT2D eigenvalue weighted by atomic mass is 32.2. The molecule has 3 nitrogen and oxygen atoms in total. The third-order valence-corrected chi connectivity index (χ3v) is 5.56. The fourth-order valence-electron chi connectivity index (χ4n) is 3.58. The summed E-state index contributed by atoms with van der Waals surface area (Å²) in [7, 11) is 0. The zero-order valence-electron chi connectivity index (χ0n) is 10.4. The maximum atomic E-state index is 12.3. The summed E-state index contributed by atoms with van der Waals surface area (Å²) in [5, 5.41) is 3.30. The molecule has 3 aliphatic rings. The van der Waals surface area contributed by atoms with Crippen LogP contribution in [-0.2, 0) is 4.79 Å². The molecule has 2 saturated heterocycles. The van der Waals surface area contributed by atoms with Gasteiger partial charge < -0.3 is 4.90 Å². The van der Waals surface area contributed by atoms with Gasteiger partial charge in [-0.1, -0.05) is 19.3 Å². The number of carbonyl (C=O) groups is 1. The second kappa shape index (κ2) is 5.19. The van der Waals surface area contributed by atoms with E-state index in [1.54, 1.807) is 0 Å². The Morgan fingerprint density at radius 1 is 1.18 bits per heavy atom. The van der Waals surface area contributed by atoms with Gasteiger partial charge in [-0.3, -0.25) is 10.1 Å². The number of nitrogens with one attached hydrogen (secondary N) is 1. The Balaban J connectivity index is 1.59. The van der Waals surface area contributed by atoms with Crippen LogP contribution in [-0.4, -0.2) is 41.6 Å². The van der Waals surface area contributed by atoms with Crippen LogP contribution < -0.4 is 5.32 Å². The van der Waals surface area contributed by atoms with Crippen LogP contribution >= 0.6 is 11.8 Å². The van der Waals surface area contributed by atoms with Gasteiger partial charge in [0.15, 0.2) is 0 Å². The smallest absolute Gasteiger partial charge is 0.240 e. The van der Waals surface area contributed by atoms with E-state index in [4.69, 9.17) is 0 Å². The van der Waals surface area contributed by atoms with E-state index in [0.29, 0.717) is 5.91 Å². The number of hydrogen-bond acceptors (Lipinski definition) is 3. The first kappa shape index (κ1) is 11.8. The number of fused-ring (bicyclic) bond motifs is 1. The van der Waals surface area contributed by atoms with E-state index in [9.17, 15) is 4.79 Å². The summed E-state index contributed by atoms with van der Waals surface area (Å²) in [5.41, 5.74) is 0. The van der Waals surface area contributed by atoms with Crippen LogP contribution in [0.25, 0.3) is 0 Å². The number of likely N-dealkylation sites (tertiary alicyclic amines) is 1. The predicted octanol–water partition coefficient (Wildman–Crippen LogP) is 1.69. The number of amides is 1. The zero-order valence-corrected chi connectivity index (χ0v) is 11.2. The summed E-state index contributed by atoms with van der Waals surface area (Å²) in [6, 6.07) is 0.0974. The van der Waals surface area contributed by atoms with Crippen LogP contribution in [0.2, 0.25) is 0 Å². The SMILES string of the molecule is O=C(C1CSCN1)N1CCC2CCCCC2C1. The van der Waals surface area contributed by atoms with Gasteiger partial charge in [0.05, 0.1) is 6.04 Å². The van der Waals surface area contributed by atoms with E-state index >= 15 is 0 Å². The number of thioether (sulfide) groups is 1. The summed E-state index contributed by atoms with van der Waals surface area (Å²) < 4.78 is 0. The third kappa shape index (κ3) is 2.48. The summed E-state index contributed by atoms with van der Waals surface area (Å²) >= 11 is 1.84. The van der Waals surface area contributed by atoms with E-state index in [0.717, 1.165) is 36.6 Å². The van der Waals surface area contributed by atoms with Crippen molar-refractivity contribution >= 4 is 17.7 Å². The van der Waals surface area contributed by atoms with Gasteiger partial charge >= 0.3 is 0 Å². The van der Waals surface area contributed by atoms with Crippen molar-refractivity contribution in [1.82, 2.24) is 10.2 Å². The first-order valence-corrected chi connectivity index (χ1v) is 8.10. The number of piperidine rings is 1. The Bertz CT molecular complexity index is 291. The molecule has 3 atom stereocenters. The summed E-state index contributed by atoms with van der Waals surface area (Å²) in [6.07, 6.45) is 6.79. The first-order valence-electron chi connectivity index (χ1n) is 6.94. The molecule has 4 heteroatoms. The van der Waals surface area contributed by atoms with E-state index in [-0.39, 0.29) is 6.04 Å². The Kier molecular flexibility index (Phi) is 3.61. The normalized spacial score (nSPS) is 37.9. The van der Waals surface area contributed by atoms with Gasteiger partial charge in [-0.05, 0) is 24.7 Å². The lowest BCUT2D eigenvalue weighted by Crippen LogP contribution is -2.51. The highest BCUT2D eigenvalue weighted by molar-refractivity contribution is 7.99. The number of nitrogens with zero attached hydrogens (tertiary/aromatic N) is 1. The standard InChI is InChI=1S/C13H22N2OS/c16-13(12-8-17-9-14-12)15-6-5-10-3-1-2-4-11(10)7-15/h10-12,14H,1-9H2. The molecule has 3 unspecified atom stereocenters. The topological polar surface area (TPSA) is 32.3 Å². The monoisotopic (exact) mass is 254 g/mol. The van der Waals surface area contributed by atoms with Gasteiger partial charge in [0, 0.05) is 24.7 Å². The number of rotatable bonds is 1. The molecule has 96 valence electrons. The Morgan fingerprint density at radius 3 is 2.76 bits per heavy atom. The van der Waals surface area contributed by atoms with Crippen molar-refractivity contribution in [2.24, 2.45) is 11.8 Å². The summed E-state index contributed by atoms with van der Waals surface area (Å²) in [5.74, 6) is 3.98. The van der Waals surface area contributed by atoms with Gasteiger partial charge in [-0.2, -0.15) is 0 Å². The van der Waals surface area contributed by atoms with Crippen molar-refractivity contribution in [3.8, 4) is 0 Å². The summed E-state index contributed by atoms with van der Waals surface area (Å²) in [4.78, 5) is 14.5. The molecule has 0 aromatic rings. The van der Waals surface area contributed by atoms with Crippen LogP contribution in [0.1, 0.15) is 32.1 Å². The molecule has 1 N–H and O–H groups in total. The molecular formula is C13H22N2OS. The molecule has 0 aromatic heterocycles. The molecule has 2 aliphatic heterocycles. The molecule has 1 aliphatic carbocycles. The minimum absolute atomic E-state index is 0.0974. The minimum Gasteiger partial charge on any atom is -0.341 e. The molecule has 3 fully saturated rings. The van der Waals surface area contributed by atoms with Crippen LogP contribution in [0.4, 0.5) is 0 Å². The van der Waals surface area contributed by atoms with Crippen LogP contribution in [0.15, 0.2) is 0 Å². The third-order valence-electron chi connectivity index (χ3n) is 4.62. The van der Waals surface area contributed by atoms with Crippen molar-refractivity contribution in [2.45, 2.75) is 38.1 Å². The first-order chi connectivity index (χ1) is 8.34. The van der Waals surface area contributed by atoms with Crippen molar-refractivity contribution < 1.29 is 4.79 Å². The molecule has 1 saturated carbocycles. The Morgan fingerprint density at radius 2 is 2.00 bits per heavy atom. The maximum absolute atomic E-state index is 12.3. The zero-order chi connectivity index (χ0) is 11.7. The lowest BCUT2D eigenvalue weighted by Gasteiger charge is -2.42. The quantitative estimate of drug-likeness (QED) is 0.773. The molecule has 0 radical (unpaired) electrons. The van der Waals surface area contributed by atoms with Crippen molar-refractivity contribution in [1.29, 1.82) is 0 Å². The lowest BCUT2D eigenvalue weighted by molar-refractivity contribution is -0.135. The van der Waals surface area contributed by atoms with Gasteiger partial charge in [0.1, 0.15) is 0 Å². The van der Waals surface area contributed by atoms with E-state index in [1.165, 1.54) is 32.1 Å². The molecule has 1 amide bonds. The second-order valence-corrected chi connectivity index (χ2v) is 6.68. The molecule has 0 aromatic carbocycles. The van der Waals surface area contributed by atoms with Gasteiger partial charge in [0.25, 0.3) is 0 Å². The van der Waals surface area contributed by atoms with E-state index in [1.807, 2.05) is 11.8 Å². The highest BCUT2D eigenvalue weighted by Crippen LogP contribution is 2.36. The van der Waals surface area contributed by atoms with Crippen molar-refractivity contribution in [3.63, 3.8) is 0 Å².